The second-order valence-electron chi connectivity index (χ2n) is 3.21. The van der Waals surface area contributed by atoms with E-state index in [1.807, 2.05) is 0 Å². The molecule has 16 heavy (non-hydrogen) atoms. The van der Waals surface area contributed by atoms with Crippen LogP contribution >= 0.6 is 0 Å². The molecule has 6 heteroatoms. The van der Waals surface area contributed by atoms with Crippen molar-refractivity contribution >= 4 is 11.0 Å². The standard InChI is InChI=1S/C10H7N5O/c16-10-14-7-6-11-5-2-8(7)15(10)9-12-3-1-4-13-9/h1-6H,(H,14,16). The lowest BCUT2D eigenvalue weighted by atomic mass is 10.4. The van der Waals surface area contributed by atoms with Crippen molar-refractivity contribution in [2.45, 2.75) is 0 Å². The monoisotopic (exact) mass is 213 g/mol. The maximum atomic E-state index is 11.7. The number of fused-ring (bicyclic) bond motifs is 1. The first-order chi connectivity index (χ1) is 7.86. The molecule has 0 fully saturated rings. The summed E-state index contributed by atoms with van der Waals surface area (Å²) in [6.45, 7) is 0. The van der Waals surface area contributed by atoms with Crippen molar-refractivity contribution in [3.05, 3.63) is 47.4 Å². The second-order valence-corrected chi connectivity index (χ2v) is 3.21. The number of pyridine rings is 1. The highest BCUT2D eigenvalue weighted by Crippen LogP contribution is 2.09. The van der Waals surface area contributed by atoms with Gasteiger partial charge < -0.3 is 4.98 Å². The molecule has 6 nitrogen and oxygen atoms in total. The molecule has 0 spiro atoms. The Morgan fingerprint density at radius 3 is 2.81 bits per heavy atom. The maximum Gasteiger partial charge on any atom is 0.333 e. The first kappa shape index (κ1) is 8.78. The molecule has 0 amide bonds. The molecule has 0 saturated heterocycles. The molecule has 1 N–H and O–H groups in total. The number of rotatable bonds is 1. The van der Waals surface area contributed by atoms with Crippen molar-refractivity contribution in [1.82, 2.24) is 24.5 Å². The van der Waals surface area contributed by atoms with Gasteiger partial charge in [0.05, 0.1) is 17.2 Å². The fraction of sp³-hybridized carbons (Fsp3) is 0. The first-order valence-corrected chi connectivity index (χ1v) is 4.68. The van der Waals surface area contributed by atoms with E-state index in [0.29, 0.717) is 17.0 Å². The number of hydrogen-bond donors (Lipinski definition) is 1. The number of hydrogen-bond acceptors (Lipinski definition) is 4. The van der Waals surface area contributed by atoms with Crippen molar-refractivity contribution < 1.29 is 0 Å². The minimum atomic E-state index is -0.269. The zero-order chi connectivity index (χ0) is 11.0. The topological polar surface area (TPSA) is 76.5 Å². The van der Waals surface area contributed by atoms with Gasteiger partial charge in [-0.1, -0.05) is 0 Å². The Morgan fingerprint density at radius 2 is 2.00 bits per heavy atom. The van der Waals surface area contributed by atoms with Crippen LogP contribution in [0.4, 0.5) is 0 Å². The number of aromatic nitrogens is 5. The lowest BCUT2D eigenvalue weighted by Crippen LogP contribution is -2.16. The molecule has 0 saturated carbocycles. The van der Waals surface area contributed by atoms with Crippen molar-refractivity contribution in [1.29, 1.82) is 0 Å². The Balaban J connectivity index is 2.40. The quantitative estimate of drug-likeness (QED) is 0.638. The van der Waals surface area contributed by atoms with Gasteiger partial charge in [-0.15, -0.1) is 0 Å². The third kappa shape index (κ3) is 1.20. The summed E-state index contributed by atoms with van der Waals surface area (Å²) < 4.78 is 1.41. The fourth-order valence-electron chi connectivity index (χ4n) is 1.56. The molecule has 3 aromatic rings. The number of H-pyrrole nitrogens is 1. The zero-order valence-corrected chi connectivity index (χ0v) is 8.16. The van der Waals surface area contributed by atoms with E-state index in [0.717, 1.165) is 0 Å². The van der Waals surface area contributed by atoms with Crippen molar-refractivity contribution in [2.24, 2.45) is 0 Å². The average molecular weight is 213 g/mol. The fourth-order valence-corrected chi connectivity index (χ4v) is 1.56. The predicted molar refractivity (Wildman–Crippen MR) is 57.3 cm³/mol. The Hall–Kier alpha value is -2.50. The van der Waals surface area contributed by atoms with Crippen LogP contribution in [0, 0.1) is 0 Å². The molecule has 0 bridgehead atoms. The molecule has 3 aromatic heterocycles. The lowest BCUT2D eigenvalue weighted by molar-refractivity contribution is 0.909. The van der Waals surface area contributed by atoms with E-state index in [1.54, 1.807) is 36.9 Å². The molecule has 0 aliphatic carbocycles. The van der Waals surface area contributed by atoms with Gasteiger partial charge in [-0.05, 0) is 12.1 Å². The van der Waals surface area contributed by atoms with Crippen LogP contribution in [0.1, 0.15) is 0 Å². The van der Waals surface area contributed by atoms with Crippen molar-refractivity contribution in [3.63, 3.8) is 0 Å². The van der Waals surface area contributed by atoms with Crippen LogP contribution in [0.25, 0.3) is 17.0 Å². The summed E-state index contributed by atoms with van der Waals surface area (Å²) in [6, 6.07) is 3.44. The highest BCUT2D eigenvalue weighted by atomic mass is 16.1. The van der Waals surface area contributed by atoms with Crippen LogP contribution in [-0.4, -0.2) is 24.5 Å². The van der Waals surface area contributed by atoms with E-state index in [4.69, 9.17) is 0 Å². The van der Waals surface area contributed by atoms with Crippen molar-refractivity contribution in [2.75, 3.05) is 0 Å². The minimum absolute atomic E-state index is 0.269. The third-order valence-corrected chi connectivity index (χ3v) is 2.24. The molecular weight excluding hydrogens is 206 g/mol. The number of aromatic amines is 1. The summed E-state index contributed by atoms with van der Waals surface area (Å²) in [7, 11) is 0. The smallest absolute Gasteiger partial charge is 0.304 e. The molecule has 3 rings (SSSR count). The van der Waals surface area contributed by atoms with E-state index in [2.05, 4.69) is 19.9 Å². The summed E-state index contributed by atoms with van der Waals surface area (Å²) >= 11 is 0. The highest BCUT2D eigenvalue weighted by Gasteiger charge is 2.09. The van der Waals surface area contributed by atoms with Gasteiger partial charge in [0.15, 0.2) is 0 Å². The maximum absolute atomic E-state index is 11.7. The molecule has 0 aliphatic rings. The zero-order valence-electron chi connectivity index (χ0n) is 8.16. The summed E-state index contributed by atoms with van der Waals surface area (Å²) in [5, 5.41) is 0. The predicted octanol–water partition coefficient (Wildman–Crippen LogP) is 0.504. The number of nitrogens with one attached hydrogen (secondary N) is 1. The molecule has 0 atom stereocenters. The summed E-state index contributed by atoms with van der Waals surface area (Å²) in [4.78, 5) is 26.5. The normalized spacial score (nSPS) is 10.8. The van der Waals surface area contributed by atoms with Crippen LogP contribution in [0.15, 0.2) is 41.7 Å². The van der Waals surface area contributed by atoms with E-state index < -0.39 is 0 Å². The SMILES string of the molecule is O=c1[nH]c2cnccc2n1-c1ncccn1. The van der Waals surface area contributed by atoms with Gasteiger partial charge in [-0.2, -0.15) is 0 Å². The van der Waals surface area contributed by atoms with Crippen LogP contribution in [0.3, 0.4) is 0 Å². The first-order valence-electron chi connectivity index (χ1n) is 4.68. The number of imidazole rings is 1. The Kier molecular flexibility index (Phi) is 1.79. The Bertz CT molecular complexity index is 685. The van der Waals surface area contributed by atoms with E-state index in [1.165, 1.54) is 4.57 Å². The third-order valence-electron chi connectivity index (χ3n) is 2.24. The van der Waals surface area contributed by atoms with Gasteiger partial charge in [0, 0.05) is 18.6 Å². The van der Waals surface area contributed by atoms with Gasteiger partial charge >= 0.3 is 5.69 Å². The van der Waals surface area contributed by atoms with E-state index in [9.17, 15) is 4.79 Å². The Morgan fingerprint density at radius 1 is 1.19 bits per heavy atom. The molecule has 78 valence electrons. The van der Waals surface area contributed by atoms with Crippen LogP contribution < -0.4 is 5.69 Å². The van der Waals surface area contributed by atoms with E-state index >= 15 is 0 Å². The van der Waals surface area contributed by atoms with Crippen LogP contribution in [-0.2, 0) is 0 Å². The summed E-state index contributed by atoms with van der Waals surface area (Å²) in [5.41, 5.74) is 1.11. The molecule has 3 heterocycles. The van der Waals surface area contributed by atoms with E-state index in [-0.39, 0.29) is 5.69 Å². The molecule has 0 aliphatic heterocycles. The molecule has 0 unspecified atom stereocenters. The highest BCUT2D eigenvalue weighted by molar-refractivity contribution is 5.75. The minimum Gasteiger partial charge on any atom is -0.304 e. The number of nitrogens with zero attached hydrogens (tertiary/aromatic N) is 4. The van der Waals surface area contributed by atoms with Gasteiger partial charge in [-0.25, -0.2) is 19.3 Å². The van der Waals surface area contributed by atoms with Gasteiger partial charge in [-0.3, -0.25) is 4.98 Å². The molecule has 0 radical (unpaired) electrons. The lowest BCUT2D eigenvalue weighted by Gasteiger charge is -1.98. The van der Waals surface area contributed by atoms with Crippen LogP contribution in [0.2, 0.25) is 0 Å². The Labute approximate surface area is 89.6 Å². The van der Waals surface area contributed by atoms with Gasteiger partial charge in [0.2, 0.25) is 5.95 Å². The summed E-state index contributed by atoms with van der Waals surface area (Å²) in [5.74, 6) is 0.352. The molecule has 0 aromatic carbocycles. The second kappa shape index (κ2) is 3.27. The average Bonchev–Trinajstić information content (AvgIpc) is 2.66. The van der Waals surface area contributed by atoms with Crippen molar-refractivity contribution in [3.8, 4) is 5.95 Å². The van der Waals surface area contributed by atoms with Gasteiger partial charge in [0.1, 0.15) is 0 Å². The van der Waals surface area contributed by atoms with Crippen LogP contribution in [0.5, 0.6) is 0 Å². The summed E-state index contributed by atoms with van der Waals surface area (Å²) in [6.07, 6.45) is 6.40. The largest absolute Gasteiger partial charge is 0.333 e. The molecular formula is C10H7N5O. The van der Waals surface area contributed by atoms with Gasteiger partial charge in [0.25, 0.3) is 0 Å².